The Labute approximate surface area is 91.5 Å². The van der Waals surface area contributed by atoms with E-state index in [0.29, 0.717) is 6.42 Å². The molecule has 0 bridgehead atoms. The van der Waals surface area contributed by atoms with E-state index in [1.54, 1.807) is 0 Å². The Balaban J connectivity index is 2.62. The number of carboxylic acid groups (broad SMARTS) is 1. The van der Waals surface area contributed by atoms with Gasteiger partial charge in [0.1, 0.15) is 0 Å². The molecule has 2 N–H and O–H groups in total. The lowest BCUT2D eigenvalue weighted by Crippen LogP contribution is -2.40. The third kappa shape index (κ3) is 2.71. The van der Waals surface area contributed by atoms with Crippen molar-refractivity contribution in [1.29, 1.82) is 0 Å². The van der Waals surface area contributed by atoms with Gasteiger partial charge in [0.2, 0.25) is 0 Å². The highest BCUT2D eigenvalue weighted by Crippen LogP contribution is 2.40. The molecule has 1 aliphatic rings. The highest BCUT2D eigenvalue weighted by atomic mass is 16.4. The average Bonchev–Trinajstić information content (AvgIpc) is 2.17. The van der Waals surface area contributed by atoms with Crippen molar-refractivity contribution in [2.24, 2.45) is 17.8 Å². The van der Waals surface area contributed by atoms with E-state index in [4.69, 9.17) is 5.11 Å². The average molecular weight is 214 g/mol. The molecule has 88 valence electrons. The van der Waals surface area contributed by atoms with Crippen molar-refractivity contribution in [2.75, 3.05) is 0 Å². The van der Waals surface area contributed by atoms with Crippen LogP contribution in [0.4, 0.5) is 0 Å². The summed E-state index contributed by atoms with van der Waals surface area (Å²) in [6.45, 7) is 5.83. The molecule has 3 heteroatoms. The number of hydrogen-bond acceptors (Lipinski definition) is 2. The van der Waals surface area contributed by atoms with Gasteiger partial charge in [-0.25, -0.2) is 0 Å². The first-order valence-corrected chi connectivity index (χ1v) is 5.83. The summed E-state index contributed by atoms with van der Waals surface area (Å²) >= 11 is 0. The van der Waals surface area contributed by atoms with Crippen LogP contribution in [0.25, 0.3) is 0 Å². The fraction of sp³-hybridized carbons (Fsp3) is 0.917. The molecule has 1 saturated carbocycles. The summed E-state index contributed by atoms with van der Waals surface area (Å²) in [6, 6.07) is 0. The summed E-state index contributed by atoms with van der Waals surface area (Å²) in [5, 5.41) is 19.1. The molecule has 0 saturated heterocycles. The van der Waals surface area contributed by atoms with Crippen molar-refractivity contribution in [1.82, 2.24) is 0 Å². The van der Waals surface area contributed by atoms with Crippen LogP contribution < -0.4 is 0 Å². The van der Waals surface area contributed by atoms with Gasteiger partial charge in [-0.3, -0.25) is 4.79 Å². The van der Waals surface area contributed by atoms with Gasteiger partial charge in [-0.05, 0) is 44.4 Å². The summed E-state index contributed by atoms with van der Waals surface area (Å²) in [6.07, 6.45) is 3.11. The number of carbonyl (C=O) groups is 1. The summed E-state index contributed by atoms with van der Waals surface area (Å²) in [5.74, 6) is -0.460. The first-order chi connectivity index (χ1) is 6.88. The molecule has 0 radical (unpaired) electrons. The molecular formula is C12H22O3. The Hall–Kier alpha value is -0.570. The molecule has 3 nitrogen and oxygen atoms in total. The molecule has 1 fully saturated rings. The molecule has 0 aromatic rings. The zero-order valence-electron chi connectivity index (χ0n) is 9.86. The smallest absolute Gasteiger partial charge is 0.306 e. The molecule has 0 heterocycles. The van der Waals surface area contributed by atoms with Gasteiger partial charge in [-0.15, -0.1) is 0 Å². The molecule has 4 atom stereocenters. The van der Waals surface area contributed by atoms with Crippen LogP contribution in [0.2, 0.25) is 0 Å². The zero-order valence-corrected chi connectivity index (χ0v) is 9.86. The zero-order chi connectivity index (χ0) is 11.6. The Bertz CT molecular complexity index is 235. The van der Waals surface area contributed by atoms with Crippen molar-refractivity contribution in [3.05, 3.63) is 0 Å². The van der Waals surface area contributed by atoms with Crippen LogP contribution in [-0.4, -0.2) is 21.8 Å². The van der Waals surface area contributed by atoms with Gasteiger partial charge in [-0.2, -0.15) is 0 Å². The largest absolute Gasteiger partial charge is 0.481 e. The second-order valence-electron chi connectivity index (χ2n) is 5.14. The van der Waals surface area contributed by atoms with Crippen molar-refractivity contribution < 1.29 is 15.0 Å². The summed E-state index contributed by atoms with van der Waals surface area (Å²) in [4.78, 5) is 10.9. The van der Waals surface area contributed by atoms with E-state index in [2.05, 4.69) is 0 Å². The quantitative estimate of drug-likeness (QED) is 0.757. The molecule has 0 aromatic carbocycles. The Morgan fingerprint density at radius 2 is 2.07 bits per heavy atom. The first kappa shape index (κ1) is 12.5. The maximum absolute atomic E-state index is 10.9. The number of carboxylic acids is 1. The lowest BCUT2D eigenvalue weighted by molar-refractivity contribution is -0.146. The monoisotopic (exact) mass is 214 g/mol. The lowest BCUT2D eigenvalue weighted by Gasteiger charge is -2.39. The summed E-state index contributed by atoms with van der Waals surface area (Å²) in [7, 11) is 0. The van der Waals surface area contributed by atoms with E-state index in [9.17, 15) is 9.90 Å². The van der Waals surface area contributed by atoms with Crippen molar-refractivity contribution in [3.8, 4) is 0 Å². The minimum absolute atomic E-state index is 0.180. The third-order valence-corrected chi connectivity index (χ3v) is 4.08. The normalized spacial score (nSPS) is 35.9. The number of hydrogen-bond donors (Lipinski definition) is 2. The van der Waals surface area contributed by atoms with Gasteiger partial charge < -0.3 is 10.2 Å². The Morgan fingerprint density at radius 1 is 1.47 bits per heavy atom. The van der Waals surface area contributed by atoms with Gasteiger partial charge >= 0.3 is 5.97 Å². The van der Waals surface area contributed by atoms with E-state index in [-0.39, 0.29) is 17.8 Å². The van der Waals surface area contributed by atoms with E-state index >= 15 is 0 Å². The molecule has 1 rings (SSSR count). The highest BCUT2D eigenvalue weighted by molar-refractivity contribution is 5.70. The maximum atomic E-state index is 10.9. The second-order valence-corrected chi connectivity index (χ2v) is 5.14. The van der Waals surface area contributed by atoms with Crippen LogP contribution in [-0.2, 0) is 4.79 Å². The van der Waals surface area contributed by atoms with Gasteiger partial charge in [0.05, 0.1) is 11.5 Å². The predicted molar refractivity (Wildman–Crippen MR) is 58.5 cm³/mol. The predicted octanol–water partition coefficient (Wildman–Crippen LogP) is 2.28. The first-order valence-electron chi connectivity index (χ1n) is 5.83. The van der Waals surface area contributed by atoms with Crippen molar-refractivity contribution in [3.63, 3.8) is 0 Å². The minimum atomic E-state index is -0.683. The van der Waals surface area contributed by atoms with E-state index in [1.807, 2.05) is 20.8 Å². The van der Waals surface area contributed by atoms with Crippen LogP contribution in [0.3, 0.4) is 0 Å². The van der Waals surface area contributed by atoms with E-state index in [1.165, 1.54) is 0 Å². The van der Waals surface area contributed by atoms with Crippen molar-refractivity contribution in [2.45, 2.75) is 52.1 Å². The third-order valence-electron chi connectivity index (χ3n) is 4.08. The molecular weight excluding hydrogens is 192 g/mol. The Kier molecular flexibility index (Phi) is 3.77. The minimum Gasteiger partial charge on any atom is -0.481 e. The topological polar surface area (TPSA) is 57.5 Å². The highest BCUT2D eigenvalue weighted by Gasteiger charge is 2.39. The molecule has 0 amide bonds. The summed E-state index contributed by atoms with van der Waals surface area (Å²) < 4.78 is 0. The molecule has 0 aromatic heterocycles. The van der Waals surface area contributed by atoms with Crippen LogP contribution in [0.1, 0.15) is 46.5 Å². The SMILES string of the molecule is CCC(C)(O)C1CCC(C(=O)O)C(C)C1. The van der Waals surface area contributed by atoms with E-state index in [0.717, 1.165) is 19.3 Å². The van der Waals surface area contributed by atoms with Gasteiger partial charge in [0.25, 0.3) is 0 Å². The number of aliphatic carboxylic acids is 1. The fourth-order valence-corrected chi connectivity index (χ4v) is 2.62. The van der Waals surface area contributed by atoms with Crippen LogP contribution >= 0.6 is 0 Å². The lowest BCUT2D eigenvalue weighted by atomic mass is 9.68. The molecule has 15 heavy (non-hydrogen) atoms. The standard InChI is InChI=1S/C12H22O3/c1-4-12(3,15)9-5-6-10(11(13)14)8(2)7-9/h8-10,15H,4-7H2,1-3H3,(H,13,14). The van der Waals surface area contributed by atoms with Gasteiger partial charge in [0, 0.05) is 0 Å². The second kappa shape index (κ2) is 4.52. The fourth-order valence-electron chi connectivity index (χ4n) is 2.62. The summed E-state index contributed by atoms with van der Waals surface area (Å²) in [5.41, 5.74) is -0.627. The van der Waals surface area contributed by atoms with E-state index < -0.39 is 11.6 Å². The molecule has 1 aliphatic carbocycles. The van der Waals surface area contributed by atoms with Gasteiger partial charge in [-0.1, -0.05) is 13.8 Å². The number of aliphatic hydroxyl groups is 1. The van der Waals surface area contributed by atoms with Crippen LogP contribution in [0, 0.1) is 17.8 Å². The Morgan fingerprint density at radius 3 is 2.47 bits per heavy atom. The van der Waals surface area contributed by atoms with Gasteiger partial charge in [0.15, 0.2) is 0 Å². The molecule has 0 spiro atoms. The number of rotatable bonds is 3. The van der Waals surface area contributed by atoms with Crippen LogP contribution in [0.15, 0.2) is 0 Å². The molecule has 0 aliphatic heterocycles. The maximum Gasteiger partial charge on any atom is 0.306 e. The van der Waals surface area contributed by atoms with Crippen LogP contribution in [0.5, 0.6) is 0 Å². The van der Waals surface area contributed by atoms with Crippen molar-refractivity contribution >= 4 is 5.97 Å². The molecule has 4 unspecified atom stereocenters.